The number of nitrogens with one attached hydrogen (secondary N) is 1. The lowest BCUT2D eigenvalue weighted by Crippen LogP contribution is -2.57. The van der Waals surface area contributed by atoms with E-state index in [4.69, 9.17) is 10.5 Å². The molecule has 4 rings (SSSR count). The molecule has 1 saturated heterocycles. The van der Waals surface area contributed by atoms with Crippen LogP contribution in [0.25, 0.3) is 0 Å². The summed E-state index contributed by atoms with van der Waals surface area (Å²) in [6, 6.07) is 20.1. The van der Waals surface area contributed by atoms with E-state index < -0.39 is 0 Å². The van der Waals surface area contributed by atoms with E-state index in [0.29, 0.717) is 13.2 Å². The molecule has 1 atom stereocenters. The fourth-order valence-corrected chi connectivity index (χ4v) is 3.09. The van der Waals surface area contributed by atoms with Crippen LogP contribution in [0, 0.1) is 0 Å². The fourth-order valence-electron chi connectivity index (χ4n) is 3.09. The van der Waals surface area contributed by atoms with Crippen molar-refractivity contribution >= 4 is 23.3 Å². The largest absolute Gasteiger partial charge is 0.378 e. The Morgan fingerprint density at radius 2 is 1.62 bits per heavy atom. The number of hydrogen-bond donors (Lipinski definition) is 2. The van der Waals surface area contributed by atoms with Crippen molar-refractivity contribution in [1.29, 1.82) is 0 Å². The van der Waals surface area contributed by atoms with Crippen molar-refractivity contribution in [3.63, 3.8) is 0 Å². The Balaban J connectivity index is 1.70. The first kappa shape index (κ1) is 16.4. The number of morpholine rings is 1. The Bertz CT molecular complexity index is 786. The summed E-state index contributed by atoms with van der Waals surface area (Å²) < 4.78 is 5.49. The van der Waals surface area contributed by atoms with Gasteiger partial charge in [-0.1, -0.05) is 36.4 Å². The molecule has 2 heterocycles. The monoisotopic (exact) mass is 350 g/mol. The van der Waals surface area contributed by atoms with Crippen molar-refractivity contribution in [2.75, 3.05) is 36.5 Å². The molecule has 0 saturated carbocycles. The van der Waals surface area contributed by atoms with Gasteiger partial charge in [0.1, 0.15) is 0 Å². The van der Waals surface area contributed by atoms with Crippen LogP contribution in [0.3, 0.4) is 0 Å². The van der Waals surface area contributed by atoms with Crippen LogP contribution in [0.4, 0.5) is 11.4 Å². The lowest BCUT2D eigenvalue weighted by Gasteiger charge is -2.41. The molecule has 2 aliphatic rings. The standard InChI is InChI=1S/C19H22N6O/c20-17-22-18(21-15-7-3-1-4-8-15)25(16-9-5-2-6-10-16)19(23-17)24-11-13-26-14-12-24/h1-10,18,21H,11-14H2,(H2,20,22). The highest BCUT2D eigenvalue weighted by Gasteiger charge is 2.31. The number of nitrogens with two attached hydrogens (primary N) is 1. The molecular weight excluding hydrogens is 328 g/mol. The zero-order valence-corrected chi connectivity index (χ0v) is 14.5. The van der Waals surface area contributed by atoms with Crippen LogP contribution in [0.15, 0.2) is 70.6 Å². The molecule has 0 aliphatic carbocycles. The molecule has 1 fully saturated rings. The molecule has 7 nitrogen and oxygen atoms in total. The van der Waals surface area contributed by atoms with Gasteiger partial charge in [-0.2, -0.15) is 4.99 Å². The molecule has 0 radical (unpaired) electrons. The normalized spacial score (nSPS) is 20.4. The summed E-state index contributed by atoms with van der Waals surface area (Å²) in [5.41, 5.74) is 8.03. The second kappa shape index (κ2) is 7.45. The summed E-state index contributed by atoms with van der Waals surface area (Å²) in [6.07, 6.45) is -0.379. The number of rotatable bonds is 3. The third-order valence-corrected chi connectivity index (χ3v) is 4.33. The summed E-state index contributed by atoms with van der Waals surface area (Å²) in [4.78, 5) is 13.4. The van der Waals surface area contributed by atoms with Gasteiger partial charge in [0.2, 0.25) is 18.2 Å². The number of guanidine groups is 2. The van der Waals surface area contributed by atoms with Crippen LogP contribution in [0.1, 0.15) is 0 Å². The Morgan fingerprint density at radius 3 is 2.31 bits per heavy atom. The molecule has 0 aromatic heterocycles. The van der Waals surface area contributed by atoms with Crippen LogP contribution in [0.2, 0.25) is 0 Å². The van der Waals surface area contributed by atoms with E-state index in [1.54, 1.807) is 0 Å². The maximum absolute atomic E-state index is 6.05. The van der Waals surface area contributed by atoms with Gasteiger partial charge in [-0.15, -0.1) is 0 Å². The lowest BCUT2D eigenvalue weighted by molar-refractivity contribution is 0.0671. The van der Waals surface area contributed by atoms with Crippen molar-refractivity contribution in [1.82, 2.24) is 4.90 Å². The third kappa shape index (κ3) is 3.48. The summed E-state index contributed by atoms with van der Waals surface area (Å²) in [5.74, 6) is 1.06. The Morgan fingerprint density at radius 1 is 0.962 bits per heavy atom. The van der Waals surface area contributed by atoms with Crippen LogP contribution in [-0.2, 0) is 4.74 Å². The smallest absolute Gasteiger partial charge is 0.222 e. The number of nitrogens with zero attached hydrogens (tertiary/aromatic N) is 4. The van der Waals surface area contributed by atoms with Crippen LogP contribution in [0.5, 0.6) is 0 Å². The van der Waals surface area contributed by atoms with E-state index in [0.717, 1.165) is 30.4 Å². The third-order valence-electron chi connectivity index (χ3n) is 4.33. The minimum Gasteiger partial charge on any atom is -0.378 e. The fraction of sp³-hybridized carbons (Fsp3) is 0.263. The van der Waals surface area contributed by atoms with Crippen molar-refractivity contribution in [3.05, 3.63) is 60.7 Å². The van der Waals surface area contributed by atoms with Gasteiger partial charge in [-0.3, -0.25) is 4.90 Å². The predicted molar refractivity (Wildman–Crippen MR) is 104 cm³/mol. The van der Waals surface area contributed by atoms with Gasteiger partial charge in [0.05, 0.1) is 13.2 Å². The average Bonchev–Trinajstić information content (AvgIpc) is 2.70. The van der Waals surface area contributed by atoms with Crippen LogP contribution < -0.4 is 16.0 Å². The molecule has 134 valence electrons. The van der Waals surface area contributed by atoms with Gasteiger partial charge in [0.25, 0.3) is 0 Å². The number of ether oxygens (including phenoxy) is 1. The van der Waals surface area contributed by atoms with Crippen molar-refractivity contribution in [2.24, 2.45) is 15.7 Å². The molecule has 2 aromatic rings. The second-order valence-electron chi connectivity index (χ2n) is 6.09. The number of benzene rings is 2. The van der Waals surface area contributed by atoms with Gasteiger partial charge in [-0.25, -0.2) is 4.99 Å². The highest BCUT2D eigenvalue weighted by molar-refractivity contribution is 6.05. The molecule has 7 heteroatoms. The van der Waals surface area contributed by atoms with Crippen molar-refractivity contribution in [2.45, 2.75) is 6.29 Å². The number of para-hydroxylation sites is 2. The first-order valence-electron chi connectivity index (χ1n) is 8.72. The maximum Gasteiger partial charge on any atom is 0.222 e. The van der Waals surface area contributed by atoms with E-state index in [2.05, 4.69) is 25.1 Å². The van der Waals surface area contributed by atoms with E-state index >= 15 is 0 Å². The highest BCUT2D eigenvalue weighted by atomic mass is 16.5. The Hall–Kier alpha value is -3.06. The van der Waals surface area contributed by atoms with Gasteiger partial charge in [0.15, 0.2) is 0 Å². The minimum absolute atomic E-state index is 0.270. The molecule has 0 amide bonds. The molecule has 3 N–H and O–H groups in total. The molecule has 1 unspecified atom stereocenters. The van der Waals surface area contributed by atoms with Gasteiger partial charge in [-0.05, 0) is 24.3 Å². The first-order chi connectivity index (χ1) is 12.8. The van der Waals surface area contributed by atoms with Gasteiger partial charge >= 0.3 is 0 Å². The topological polar surface area (TPSA) is 78.5 Å². The van der Waals surface area contributed by atoms with Gasteiger partial charge < -0.3 is 20.7 Å². The summed E-state index contributed by atoms with van der Waals surface area (Å²) in [6.45, 7) is 2.89. The van der Waals surface area contributed by atoms with Crippen LogP contribution in [-0.4, -0.2) is 49.4 Å². The van der Waals surface area contributed by atoms with Crippen molar-refractivity contribution < 1.29 is 4.74 Å². The minimum atomic E-state index is -0.379. The maximum atomic E-state index is 6.05. The first-order valence-corrected chi connectivity index (χ1v) is 8.72. The van der Waals surface area contributed by atoms with Crippen LogP contribution >= 0.6 is 0 Å². The molecule has 2 aliphatic heterocycles. The van der Waals surface area contributed by atoms with Crippen molar-refractivity contribution in [3.8, 4) is 0 Å². The summed E-state index contributed by atoms with van der Waals surface area (Å²) >= 11 is 0. The molecule has 26 heavy (non-hydrogen) atoms. The van der Waals surface area contributed by atoms with E-state index in [-0.39, 0.29) is 12.2 Å². The second-order valence-corrected chi connectivity index (χ2v) is 6.09. The summed E-state index contributed by atoms with van der Waals surface area (Å²) in [7, 11) is 0. The highest BCUT2D eigenvalue weighted by Crippen LogP contribution is 2.24. The number of anilines is 2. The Kier molecular flexibility index (Phi) is 4.70. The van der Waals surface area contributed by atoms with E-state index in [9.17, 15) is 0 Å². The lowest BCUT2D eigenvalue weighted by atomic mass is 10.2. The molecule has 0 bridgehead atoms. The SMILES string of the molecule is NC1=NC(Nc2ccccc2)N(c2ccccc2)C(N2CCOCC2)=N1. The Labute approximate surface area is 152 Å². The molecule has 2 aromatic carbocycles. The van der Waals surface area contributed by atoms with E-state index in [1.165, 1.54) is 0 Å². The van der Waals surface area contributed by atoms with E-state index in [1.807, 2.05) is 60.7 Å². The zero-order valence-electron chi connectivity index (χ0n) is 14.5. The quantitative estimate of drug-likeness (QED) is 0.884. The number of hydrogen-bond acceptors (Lipinski definition) is 7. The summed E-state index contributed by atoms with van der Waals surface area (Å²) in [5, 5.41) is 3.45. The number of aliphatic imine (C=N–C) groups is 2. The molecule has 0 spiro atoms. The zero-order chi connectivity index (χ0) is 17.8. The average molecular weight is 350 g/mol. The molecular formula is C19H22N6O. The van der Waals surface area contributed by atoms with Gasteiger partial charge in [0, 0.05) is 24.5 Å². The predicted octanol–water partition coefficient (Wildman–Crippen LogP) is 1.91.